The van der Waals surface area contributed by atoms with Crippen molar-refractivity contribution in [3.8, 4) is 28.0 Å². The summed E-state index contributed by atoms with van der Waals surface area (Å²) in [5.74, 6) is -4.60. The number of hydrogen-bond donors (Lipinski definition) is 0. The van der Waals surface area contributed by atoms with E-state index in [4.69, 9.17) is 9.47 Å². The third-order valence-electron chi connectivity index (χ3n) is 6.98. The molecule has 2 unspecified atom stereocenters. The van der Waals surface area contributed by atoms with E-state index in [0.717, 1.165) is 50.7 Å². The monoisotopic (exact) mass is 512 g/mol. The van der Waals surface area contributed by atoms with Crippen LogP contribution >= 0.6 is 0 Å². The van der Waals surface area contributed by atoms with Crippen LogP contribution in [0.3, 0.4) is 0 Å². The Kier molecular flexibility index (Phi) is 9.04. The van der Waals surface area contributed by atoms with Crippen LogP contribution in [-0.4, -0.2) is 19.3 Å². The van der Waals surface area contributed by atoms with Gasteiger partial charge in [-0.05, 0) is 74.6 Å². The summed E-state index contributed by atoms with van der Waals surface area (Å²) in [5, 5.41) is 0. The van der Waals surface area contributed by atoms with Crippen molar-refractivity contribution in [2.75, 3.05) is 13.2 Å². The lowest BCUT2D eigenvalue weighted by Crippen LogP contribution is -2.26. The van der Waals surface area contributed by atoms with Gasteiger partial charge in [0.1, 0.15) is 0 Å². The number of ether oxygens (including phenoxy) is 2. The fourth-order valence-corrected chi connectivity index (χ4v) is 4.83. The lowest BCUT2D eigenvalue weighted by atomic mass is 9.91. The van der Waals surface area contributed by atoms with E-state index in [9.17, 15) is 13.2 Å². The molecule has 37 heavy (non-hydrogen) atoms. The molecule has 2 atom stereocenters. The molecule has 3 aromatic carbocycles. The van der Waals surface area contributed by atoms with Gasteiger partial charge in [0.05, 0.1) is 12.7 Å². The van der Waals surface area contributed by atoms with Gasteiger partial charge in [-0.3, -0.25) is 0 Å². The van der Waals surface area contributed by atoms with Gasteiger partial charge in [-0.1, -0.05) is 42.5 Å². The first kappa shape index (κ1) is 26.9. The third-order valence-corrected chi connectivity index (χ3v) is 6.98. The Morgan fingerprint density at radius 2 is 1.49 bits per heavy atom. The molecule has 0 saturated carbocycles. The smallest absolute Gasteiger partial charge is 0.201 e. The van der Waals surface area contributed by atoms with Crippen LogP contribution in [0.5, 0.6) is 5.75 Å². The predicted octanol–water partition coefficient (Wildman–Crippen LogP) is 8.67. The molecule has 1 heterocycles. The lowest BCUT2D eigenvalue weighted by molar-refractivity contribution is -0.0209. The zero-order chi connectivity index (χ0) is 26.4. The van der Waals surface area contributed by atoms with Crippen molar-refractivity contribution >= 4 is 0 Å². The van der Waals surface area contributed by atoms with Crippen LogP contribution in [-0.2, 0) is 11.2 Å². The van der Waals surface area contributed by atoms with Gasteiger partial charge in [-0.2, -0.15) is 4.39 Å². The summed E-state index contributed by atoms with van der Waals surface area (Å²) in [6.45, 7) is 6.32. The van der Waals surface area contributed by atoms with E-state index in [1.54, 1.807) is 19.1 Å². The average Bonchev–Trinajstić information content (AvgIpc) is 2.92. The van der Waals surface area contributed by atoms with Crippen LogP contribution in [0, 0.1) is 29.2 Å². The number of rotatable bonds is 10. The summed E-state index contributed by atoms with van der Waals surface area (Å²) in [4.78, 5) is 0. The fourth-order valence-electron chi connectivity index (χ4n) is 4.83. The van der Waals surface area contributed by atoms with Gasteiger partial charge in [-0.25, -0.2) is 13.2 Å². The van der Waals surface area contributed by atoms with E-state index >= 15 is 4.39 Å². The Hall–Kier alpha value is -3.12. The highest BCUT2D eigenvalue weighted by Gasteiger charge is 2.23. The van der Waals surface area contributed by atoms with Crippen molar-refractivity contribution in [3.05, 3.63) is 90.0 Å². The maximum absolute atomic E-state index is 15.0. The molecule has 1 fully saturated rings. The van der Waals surface area contributed by atoms with Crippen molar-refractivity contribution in [1.29, 1.82) is 0 Å². The SMILES string of the molecule is C=CCCC1CCC(CCc2ccc(-c3ccc(-c4ccc(OCC)c(F)c4F)c(F)c3F)cc2)CO1. The zero-order valence-corrected chi connectivity index (χ0v) is 21.0. The van der Waals surface area contributed by atoms with Gasteiger partial charge in [0.15, 0.2) is 23.2 Å². The van der Waals surface area contributed by atoms with Gasteiger partial charge >= 0.3 is 0 Å². The molecule has 0 amide bonds. The molecule has 6 heteroatoms. The number of benzene rings is 3. The van der Waals surface area contributed by atoms with Gasteiger partial charge in [0.25, 0.3) is 0 Å². The normalized spacial score (nSPS) is 17.5. The Morgan fingerprint density at radius 3 is 2.14 bits per heavy atom. The Bertz CT molecular complexity index is 1210. The van der Waals surface area contributed by atoms with Crippen molar-refractivity contribution in [2.45, 2.75) is 51.6 Å². The summed E-state index contributed by atoms with van der Waals surface area (Å²) in [6, 6.07) is 12.4. The first-order valence-corrected chi connectivity index (χ1v) is 12.8. The number of hydrogen-bond acceptors (Lipinski definition) is 2. The minimum absolute atomic E-state index is 0.0610. The second-order valence-corrected chi connectivity index (χ2v) is 9.46. The first-order valence-electron chi connectivity index (χ1n) is 12.8. The molecule has 3 aromatic rings. The van der Waals surface area contributed by atoms with Crippen LogP contribution in [0.15, 0.2) is 61.2 Å². The van der Waals surface area contributed by atoms with Crippen LogP contribution in [0.4, 0.5) is 17.6 Å². The first-order chi connectivity index (χ1) is 17.9. The van der Waals surface area contributed by atoms with Crippen molar-refractivity contribution < 1.29 is 27.0 Å². The van der Waals surface area contributed by atoms with Gasteiger partial charge in [0, 0.05) is 23.3 Å². The fraction of sp³-hybridized carbons (Fsp3) is 0.355. The molecule has 0 radical (unpaired) electrons. The van der Waals surface area contributed by atoms with E-state index in [0.29, 0.717) is 17.6 Å². The summed E-state index contributed by atoms with van der Waals surface area (Å²) in [7, 11) is 0. The van der Waals surface area contributed by atoms with Crippen LogP contribution < -0.4 is 4.74 Å². The average molecular weight is 513 g/mol. The third kappa shape index (κ3) is 6.24. The maximum atomic E-state index is 15.0. The maximum Gasteiger partial charge on any atom is 0.201 e. The highest BCUT2D eigenvalue weighted by atomic mass is 19.2. The van der Waals surface area contributed by atoms with Crippen LogP contribution in [0.25, 0.3) is 22.3 Å². The van der Waals surface area contributed by atoms with Gasteiger partial charge in [-0.15, -0.1) is 6.58 Å². The number of halogens is 4. The lowest BCUT2D eigenvalue weighted by Gasteiger charge is -2.29. The summed E-state index contributed by atoms with van der Waals surface area (Å²) in [6.07, 6.45) is 8.38. The second kappa shape index (κ2) is 12.4. The molecule has 0 aromatic heterocycles. The van der Waals surface area contributed by atoms with E-state index in [-0.39, 0.29) is 29.0 Å². The highest BCUT2D eigenvalue weighted by Crippen LogP contribution is 2.35. The van der Waals surface area contributed by atoms with E-state index < -0.39 is 23.3 Å². The molecule has 1 aliphatic heterocycles. The molecule has 2 nitrogen and oxygen atoms in total. The molecule has 0 spiro atoms. The highest BCUT2D eigenvalue weighted by molar-refractivity contribution is 5.72. The Labute approximate surface area is 215 Å². The predicted molar refractivity (Wildman–Crippen MR) is 139 cm³/mol. The van der Waals surface area contributed by atoms with Crippen molar-refractivity contribution in [1.82, 2.24) is 0 Å². The standard InChI is InChI=1S/C31H32F4O2/c1-3-5-6-23-14-11-21(19-37-23)8-7-20-9-12-22(13-10-20)24-15-16-25(29(33)28(24)32)26-17-18-27(36-4-2)31(35)30(26)34/h3,9-10,12-13,15-18,21,23H,1,4-8,11,14,19H2,2H3. The topological polar surface area (TPSA) is 18.5 Å². The van der Waals surface area contributed by atoms with E-state index in [1.807, 2.05) is 18.2 Å². The largest absolute Gasteiger partial charge is 0.491 e. The Balaban J connectivity index is 1.43. The van der Waals surface area contributed by atoms with Crippen LogP contribution in [0.2, 0.25) is 0 Å². The summed E-state index contributed by atoms with van der Waals surface area (Å²) in [5.41, 5.74) is 0.973. The molecule has 196 valence electrons. The summed E-state index contributed by atoms with van der Waals surface area (Å²) < 4.78 is 69.9. The van der Waals surface area contributed by atoms with E-state index in [1.165, 1.54) is 24.3 Å². The van der Waals surface area contributed by atoms with Gasteiger partial charge < -0.3 is 9.47 Å². The molecular weight excluding hydrogens is 480 g/mol. The second-order valence-electron chi connectivity index (χ2n) is 9.46. The molecule has 1 saturated heterocycles. The molecule has 1 aliphatic rings. The minimum Gasteiger partial charge on any atom is -0.491 e. The molecule has 0 aliphatic carbocycles. The van der Waals surface area contributed by atoms with Gasteiger partial charge in [0.2, 0.25) is 5.82 Å². The van der Waals surface area contributed by atoms with E-state index in [2.05, 4.69) is 6.58 Å². The minimum atomic E-state index is -1.28. The molecule has 0 bridgehead atoms. The molecule has 0 N–H and O–H groups in total. The van der Waals surface area contributed by atoms with Crippen LogP contribution in [0.1, 0.15) is 44.6 Å². The molecule has 4 rings (SSSR count). The van der Waals surface area contributed by atoms with Crippen molar-refractivity contribution in [2.24, 2.45) is 5.92 Å². The quantitative estimate of drug-likeness (QED) is 0.200. The number of allylic oxidation sites excluding steroid dienone is 1. The summed E-state index contributed by atoms with van der Waals surface area (Å²) >= 11 is 0. The molecular formula is C31H32F4O2. The Morgan fingerprint density at radius 1 is 0.838 bits per heavy atom. The zero-order valence-electron chi connectivity index (χ0n) is 21.0. The van der Waals surface area contributed by atoms with Crippen molar-refractivity contribution in [3.63, 3.8) is 0 Å². The number of aryl methyl sites for hydroxylation is 1.